The van der Waals surface area contributed by atoms with Crippen LogP contribution in [0.1, 0.15) is 31.4 Å². The lowest BCUT2D eigenvalue weighted by atomic mass is 9.96. The van der Waals surface area contributed by atoms with Gasteiger partial charge < -0.3 is 4.57 Å². The van der Waals surface area contributed by atoms with Gasteiger partial charge in [0.05, 0.1) is 0 Å². The van der Waals surface area contributed by atoms with Crippen LogP contribution >= 0.6 is 0 Å². The largest absolute Gasteiger partial charge is 0.328 e. The molecule has 2 aromatic rings. The maximum atomic E-state index is 4.62. The molecule has 116 valence electrons. The number of nitrogens with zero attached hydrogens (tertiary/aromatic N) is 4. The van der Waals surface area contributed by atoms with Gasteiger partial charge in [0, 0.05) is 61.4 Å². The van der Waals surface area contributed by atoms with Crippen LogP contribution in [0.2, 0.25) is 0 Å². The molecular weight excluding hydrogens is 272 g/mol. The Kier molecular flexibility index (Phi) is 3.70. The maximum Gasteiger partial charge on any atom is 0.140 e. The number of hydrogen-bond donors (Lipinski definition) is 0. The fourth-order valence-electron chi connectivity index (χ4n) is 3.97. The van der Waals surface area contributed by atoms with Gasteiger partial charge in [0.2, 0.25) is 0 Å². The van der Waals surface area contributed by atoms with Gasteiger partial charge in [-0.1, -0.05) is 12.8 Å². The highest BCUT2D eigenvalue weighted by Gasteiger charge is 2.34. The fraction of sp³-hybridized carbons (Fsp3) is 0.556. The number of aryl methyl sites for hydroxylation is 1. The minimum absolute atomic E-state index is 0.772. The summed E-state index contributed by atoms with van der Waals surface area (Å²) in [6.45, 7) is 5.77. The molecule has 3 heterocycles. The van der Waals surface area contributed by atoms with Crippen molar-refractivity contribution in [2.24, 2.45) is 5.92 Å². The SMILES string of the molecule is Cc1cnc(-c2ccncc2)n1CC1CN(C2CCCC2)C1. The monoisotopic (exact) mass is 296 g/mol. The van der Waals surface area contributed by atoms with E-state index >= 15 is 0 Å². The van der Waals surface area contributed by atoms with E-state index in [0.717, 1.165) is 29.9 Å². The summed E-state index contributed by atoms with van der Waals surface area (Å²) >= 11 is 0. The summed E-state index contributed by atoms with van der Waals surface area (Å²) in [6, 6.07) is 4.97. The highest BCUT2D eigenvalue weighted by Crippen LogP contribution is 2.31. The lowest BCUT2D eigenvalue weighted by Crippen LogP contribution is -2.52. The van der Waals surface area contributed by atoms with Gasteiger partial charge in [0.1, 0.15) is 5.82 Å². The van der Waals surface area contributed by atoms with E-state index in [1.54, 1.807) is 0 Å². The molecule has 1 saturated carbocycles. The predicted molar refractivity (Wildman–Crippen MR) is 87.5 cm³/mol. The summed E-state index contributed by atoms with van der Waals surface area (Å²) in [6.07, 6.45) is 11.4. The molecule has 0 bridgehead atoms. The Hall–Kier alpha value is -1.68. The Morgan fingerprint density at radius 3 is 2.59 bits per heavy atom. The average molecular weight is 296 g/mol. The van der Waals surface area contributed by atoms with E-state index in [4.69, 9.17) is 0 Å². The summed E-state index contributed by atoms with van der Waals surface area (Å²) < 4.78 is 2.38. The van der Waals surface area contributed by atoms with E-state index in [9.17, 15) is 0 Å². The quantitative estimate of drug-likeness (QED) is 0.869. The molecule has 2 aliphatic rings. The highest BCUT2D eigenvalue weighted by molar-refractivity contribution is 5.55. The molecule has 0 spiro atoms. The van der Waals surface area contributed by atoms with Crippen molar-refractivity contribution in [2.75, 3.05) is 13.1 Å². The molecule has 0 unspecified atom stereocenters. The van der Waals surface area contributed by atoms with E-state index in [0.29, 0.717) is 0 Å². The maximum absolute atomic E-state index is 4.62. The smallest absolute Gasteiger partial charge is 0.140 e. The van der Waals surface area contributed by atoms with Crippen molar-refractivity contribution in [2.45, 2.75) is 45.2 Å². The Balaban J connectivity index is 1.45. The van der Waals surface area contributed by atoms with Gasteiger partial charge in [-0.25, -0.2) is 4.98 Å². The van der Waals surface area contributed by atoms with Gasteiger partial charge in [0.25, 0.3) is 0 Å². The van der Waals surface area contributed by atoms with Crippen LogP contribution in [0.5, 0.6) is 0 Å². The summed E-state index contributed by atoms with van der Waals surface area (Å²) in [7, 11) is 0. The number of aromatic nitrogens is 3. The van der Waals surface area contributed by atoms with Gasteiger partial charge >= 0.3 is 0 Å². The summed E-state index contributed by atoms with van der Waals surface area (Å²) in [4.78, 5) is 11.4. The van der Waals surface area contributed by atoms with Crippen LogP contribution in [0.25, 0.3) is 11.4 Å². The van der Waals surface area contributed by atoms with Crippen LogP contribution in [-0.4, -0.2) is 38.6 Å². The average Bonchev–Trinajstić information content (AvgIpc) is 3.14. The topological polar surface area (TPSA) is 34.0 Å². The Morgan fingerprint density at radius 2 is 1.86 bits per heavy atom. The Labute approximate surface area is 132 Å². The van der Waals surface area contributed by atoms with E-state index in [-0.39, 0.29) is 0 Å². The van der Waals surface area contributed by atoms with Crippen LogP contribution in [-0.2, 0) is 6.54 Å². The van der Waals surface area contributed by atoms with Gasteiger partial charge in [-0.2, -0.15) is 0 Å². The first kappa shape index (κ1) is 13.9. The van der Waals surface area contributed by atoms with Crippen LogP contribution < -0.4 is 0 Å². The minimum atomic E-state index is 0.772. The van der Waals surface area contributed by atoms with Crippen LogP contribution in [0.15, 0.2) is 30.7 Å². The summed E-state index contributed by atoms with van der Waals surface area (Å²) in [5.74, 6) is 1.85. The molecular formula is C18H24N4. The third-order valence-electron chi connectivity index (χ3n) is 5.26. The second-order valence-corrected chi connectivity index (χ2v) is 6.83. The zero-order valence-corrected chi connectivity index (χ0v) is 13.3. The zero-order chi connectivity index (χ0) is 14.9. The lowest BCUT2D eigenvalue weighted by molar-refractivity contribution is 0.0457. The molecule has 0 aromatic carbocycles. The fourth-order valence-corrected chi connectivity index (χ4v) is 3.97. The van der Waals surface area contributed by atoms with Crippen LogP contribution in [0, 0.1) is 12.8 Å². The predicted octanol–water partition coefficient (Wildman–Crippen LogP) is 3.13. The van der Waals surface area contributed by atoms with Gasteiger partial charge in [0.15, 0.2) is 0 Å². The molecule has 2 aromatic heterocycles. The first-order valence-corrected chi connectivity index (χ1v) is 8.48. The van der Waals surface area contributed by atoms with Crippen molar-refractivity contribution in [1.82, 2.24) is 19.4 Å². The summed E-state index contributed by atoms with van der Waals surface area (Å²) in [5.41, 5.74) is 2.42. The molecule has 0 N–H and O–H groups in total. The highest BCUT2D eigenvalue weighted by atomic mass is 15.2. The van der Waals surface area contributed by atoms with Crippen molar-refractivity contribution in [3.63, 3.8) is 0 Å². The van der Waals surface area contributed by atoms with Crippen molar-refractivity contribution >= 4 is 0 Å². The molecule has 2 fully saturated rings. The van der Waals surface area contributed by atoms with E-state index in [1.807, 2.05) is 30.7 Å². The third-order valence-corrected chi connectivity index (χ3v) is 5.26. The van der Waals surface area contributed by atoms with E-state index in [1.165, 1.54) is 44.5 Å². The molecule has 0 atom stereocenters. The van der Waals surface area contributed by atoms with Gasteiger partial charge in [-0.05, 0) is 31.9 Å². The first-order valence-electron chi connectivity index (χ1n) is 8.48. The van der Waals surface area contributed by atoms with Crippen molar-refractivity contribution in [3.05, 3.63) is 36.4 Å². The van der Waals surface area contributed by atoms with Gasteiger partial charge in [-0.3, -0.25) is 9.88 Å². The molecule has 1 aliphatic carbocycles. The first-order chi connectivity index (χ1) is 10.8. The minimum Gasteiger partial charge on any atom is -0.328 e. The molecule has 4 nitrogen and oxygen atoms in total. The molecule has 0 amide bonds. The third kappa shape index (κ3) is 2.56. The zero-order valence-electron chi connectivity index (χ0n) is 13.3. The summed E-state index contributed by atoms with van der Waals surface area (Å²) in [5, 5.41) is 0. The molecule has 4 rings (SSSR count). The molecule has 4 heteroatoms. The standard InChI is InChI=1S/C18H24N4/c1-14-10-20-18(16-6-8-19-9-7-16)22(14)13-15-11-21(12-15)17-4-2-3-5-17/h6-10,15,17H,2-5,11-13H2,1H3. The normalized spacial score (nSPS) is 20.4. The number of hydrogen-bond acceptors (Lipinski definition) is 3. The second kappa shape index (κ2) is 5.84. The number of imidazole rings is 1. The Bertz CT molecular complexity index is 622. The number of likely N-dealkylation sites (tertiary alicyclic amines) is 1. The van der Waals surface area contributed by atoms with Crippen LogP contribution in [0.4, 0.5) is 0 Å². The number of rotatable bonds is 4. The number of pyridine rings is 1. The molecule has 22 heavy (non-hydrogen) atoms. The second-order valence-electron chi connectivity index (χ2n) is 6.83. The van der Waals surface area contributed by atoms with Crippen molar-refractivity contribution in [1.29, 1.82) is 0 Å². The van der Waals surface area contributed by atoms with Gasteiger partial charge in [-0.15, -0.1) is 0 Å². The lowest BCUT2D eigenvalue weighted by Gasteiger charge is -2.43. The molecule has 1 aliphatic heterocycles. The molecule has 1 saturated heterocycles. The van der Waals surface area contributed by atoms with E-state index in [2.05, 4.69) is 26.4 Å². The van der Waals surface area contributed by atoms with Crippen LogP contribution in [0.3, 0.4) is 0 Å². The van der Waals surface area contributed by atoms with Crippen molar-refractivity contribution in [3.8, 4) is 11.4 Å². The van der Waals surface area contributed by atoms with E-state index < -0.39 is 0 Å². The van der Waals surface area contributed by atoms with Crippen molar-refractivity contribution < 1.29 is 0 Å². The Morgan fingerprint density at radius 1 is 1.14 bits per heavy atom. The molecule has 0 radical (unpaired) electrons.